The van der Waals surface area contributed by atoms with Crippen molar-refractivity contribution in [3.05, 3.63) is 72.2 Å². The lowest BCUT2D eigenvalue weighted by Crippen LogP contribution is -2.18. The molecule has 2 aromatic carbocycles. The Morgan fingerprint density at radius 2 is 1.78 bits per heavy atom. The number of nitrogens with one attached hydrogen (secondary N) is 1. The molecule has 140 valence electrons. The third kappa shape index (κ3) is 4.73. The molecule has 0 atom stereocenters. The van der Waals surface area contributed by atoms with E-state index in [0.29, 0.717) is 29.4 Å². The molecule has 3 rings (SSSR count). The molecule has 1 N–H and O–H groups in total. The summed E-state index contributed by atoms with van der Waals surface area (Å²) in [5.41, 5.74) is 0.700. The van der Waals surface area contributed by atoms with Crippen LogP contribution in [0.5, 0.6) is 5.75 Å². The van der Waals surface area contributed by atoms with E-state index < -0.39 is 10.0 Å². The Bertz CT molecular complexity index is 1030. The topological polar surface area (TPSA) is 80.9 Å². The lowest BCUT2D eigenvalue weighted by Gasteiger charge is -2.05. The molecule has 1 heterocycles. The van der Waals surface area contributed by atoms with Gasteiger partial charge >= 0.3 is 0 Å². The molecule has 0 bridgehead atoms. The van der Waals surface area contributed by atoms with Crippen LogP contribution >= 0.6 is 0 Å². The van der Waals surface area contributed by atoms with Crippen LogP contribution < -0.4 is 9.57 Å². The third-order valence-corrected chi connectivity index (χ3v) is 4.80. The Hall–Kier alpha value is -3.13. The minimum atomic E-state index is -3.80. The zero-order valence-electron chi connectivity index (χ0n) is 14.4. The number of hydrogen-bond acceptors (Lipinski definition) is 5. The molecule has 0 aliphatic carbocycles. The van der Waals surface area contributed by atoms with E-state index in [2.05, 4.69) is 9.93 Å². The Kier molecular flexibility index (Phi) is 5.56. The van der Waals surface area contributed by atoms with Gasteiger partial charge in [-0.2, -0.15) is 18.4 Å². The summed E-state index contributed by atoms with van der Waals surface area (Å²) in [6, 6.07) is 15.2. The van der Waals surface area contributed by atoms with Gasteiger partial charge in [-0.1, -0.05) is 0 Å². The Morgan fingerprint density at radius 1 is 1.07 bits per heavy atom. The summed E-state index contributed by atoms with van der Waals surface area (Å²) in [4.78, 5) is 2.19. The van der Waals surface area contributed by atoms with Crippen LogP contribution in [0.25, 0.3) is 11.3 Å². The maximum absolute atomic E-state index is 13.0. The van der Waals surface area contributed by atoms with Gasteiger partial charge < -0.3 is 9.15 Å². The minimum absolute atomic E-state index is 0.0644. The van der Waals surface area contributed by atoms with Gasteiger partial charge in [-0.3, -0.25) is 0 Å². The van der Waals surface area contributed by atoms with E-state index in [0.717, 1.165) is 0 Å². The number of sulfonamides is 1. The van der Waals surface area contributed by atoms with Crippen molar-refractivity contribution in [3.8, 4) is 17.1 Å². The fraction of sp³-hybridized carbons (Fsp3) is 0.105. The van der Waals surface area contributed by atoms with Crippen molar-refractivity contribution in [1.29, 1.82) is 0 Å². The van der Waals surface area contributed by atoms with Crippen LogP contribution in [0, 0.1) is 5.82 Å². The van der Waals surface area contributed by atoms with Gasteiger partial charge in [0.1, 0.15) is 23.1 Å². The molecule has 6 nitrogen and oxygen atoms in total. The van der Waals surface area contributed by atoms with Crippen LogP contribution in [-0.2, 0) is 10.0 Å². The largest absolute Gasteiger partial charge is 0.494 e. The molecule has 8 heteroatoms. The average Bonchev–Trinajstić information content (AvgIpc) is 3.12. The third-order valence-electron chi connectivity index (χ3n) is 3.57. The zero-order valence-corrected chi connectivity index (χ0v) is 15.2. The van der Waals surface area contributed by atoms with Crippen LogP contribution in [-0.4, -0.2) is 21.2 Å². The highest BCUT2D eigenvalue weighted by Gasteiger charge is 2.12. The summed E-state index contributed by atoms with van der Waals surface area (Å²) in [6.45, 7) is 2.34. The lowest BCUT2D eigenvalue weighted by atomic mass is 10.2. The maximum atomic E-state index is 13.0. The number of ether oxygens (including phenoxy) is 1. The molecule has 0 saturated carbocycles. The molecular formula is C19H17FN2O4S. The van der Waals surface area contributed by atoms with E-state index in [4.69, 9.17) is 9.15 Å². The van der Waals surface area contributed by atoms with Crippen molar-refractivity contribution in [2.75, 3.05) is 6.61 Å². The number of hydrazone groups is 1. The molecule has 0 radical (unpaired) electrons. The predicted molar refractivity (Wildman–Crippen MR) is 99.6 cm³/mol. The van der Waals surface area contributed by atoms with Crippen LogP contribution in [0.4, 0.5) is 4.39 Å². The first kappa shape index (κ1) is 18.7. The summed E-state index contributed by atoms with van der Waals surface area (Å²) in [6.07, 6.45) is 1.25. The van der Waals surface area contributed by atoms with Crippen LogP contribution in [0.2, 0.25) is 0 Å². The number of hydrogen-bond donors (Lipinski definition) is 1. The smallest absolute Gasteiger partial charge is 0.276 e. The highest BCUT2D eigenvalue weighted by Crippen LogP contribution is 2.21. The van der Waals surface area contributed by atoms with Gasteiger partial charge in [0, 0.05) is 5.56 Å². The quantitative estimate of drug-likeness (QED) is 0.493. The van der Waals surface area contributed by atoms with Gasteiger partial charge in [0.2, 0.25) is 0 Å². The van der Waals surface area contributed by atoms with Gasteiger partial charge in [0.15, 0.2) is 0 Å². The highest BCUT2D eigenvalue weighted by atomic mass is 32.2. The van der Waals surface area contributed by atoms with Crippen molar-refractivity contribution in [3.63, 3.8) is 0 Å². The molecule has 0 amide bonds. The molecule has 0 aliphatic heterocycles. The molecule has 0 saturated heterocycles. The fourth-order valence-electron chi connectivity index (χ4n) is 2.29. The SMILES string of the molecule is CCOc1ccc(S(=O)(=O)N/N=C\c2ccc(-c3ccc(F)cc3)o2)cc1. The molecule has 0 unspecified atom stereocenters. The molecule has 0 aliphatic rings. The van der Waals surface area contributed by atoms with Gasteiger partial charge in [-0.25, -0.2) is 4.39 Å². The molecule has 3 aromatic rings. The summed E-state index contributed by atoms with van der Waals surface area (Å²) >= 11 is 0. The van der Waals surface area contributed by atoms with Crippen molar-refractivity contribution in [2.45, 2.75) is 11.8 Å². The summed E-state index contributed by atoms with van der Waals surface area (Å²) < 4.78 is 48.2. The highest BCUT2D eigenvalue weighted by molar-refractivity contribution is 7.89. The van der Waals surface area contributed by atoms with Gasteiger partial charge in [-0.15, -0.1) is 0 Å². The van der Waals surface area contributed by atoms with Crippen molar-refractivity contribution < 1.29 is 22.0 Å². The van der Waals surface area contributed by atoms with E-state index in [1.807, 2.05) is 6.92 Å². The standard InChI is InChI=1S/C19H17FN2O4S/c1-2-25-16-7-10-18(11-8-16)27(23,24)22-21-13-17-9-12-19(26-17)14-3-5-15(20)6-4-14/h3-13,22H,2H2,1H3/b21-13-. The summed E-state index contributed by atoms with van der Waals surface area (Å²) in [5, 5.41) is 3.72. The average molecular weight is 388 g/mol. The van der Waals surface area contributed by atoms with E-state index in [1.54, 1.807) is 36.4 Å². The second-order valence-electron chi connectivity index (χ2n) is 5.47. The van der Waals surface area contributed by atoms with Gasteiger partial charge in [0.25, 0.3) is 10.0 Å². The first-order valence-electron chi connectivity index (χ1n) is 8.11. The van der Waals surface area contributed by atoms with Crippen LogP contribution in [0.15, 0.2) is 75.1 Å². The first-order chi connectivity index (χ1) is 13.0. The lowest BCUT2D eigenvalue weighted by molar-refractivity contribution is 0.340. The second-order valence-corrected chi connectivity index (χ2v) is 7.13. The van der Waals surface area contributed by atoms with Gasteiger partial charge in [0.05, 0.1) is 17.7 Å². The number of nitrogens with zero attached hydrogens (tertiary/aromatic N) is 1. The summed E-state index contributed by atoms with van der Waals surface area (Å²) in [7, 11) is -3.80. The molecule has 1 aromatic heterocycles. The minimum Gasteiger partial charge on any atom is -0.494 e. The number of rotatable bonds is 7. The van der Waals surface area contributed by atoms with E-state index in [1.165, 1.54) is 30.5 Å². The van der Waals surface area contributed by atoms with Crippen molar-refractivity contribution >= 4 is 16.2 Å². The maximum Gasteiger partial charge on any atom is 0.276 e. The second kappa shape index (κ2) is 8.05. The molecule has 27 heavy (non-hydrogen) atoms. The van der Waals surface area contributed by atoms with Crippen LogP contribution in [0.1, 0.15) is 12.7 Å². The van der Waals surface area contributed by atoms with Gasteiger partial charge in [-0.05, 0) is 67.6 Å². The van der Waals surface area contributed by atoms with Crippen molar-refractivity contribution in [2.24, 2.45) is 5.10 Å². The zero-order chi connectivity index (χ0) is 19.3. The Labute approximate surface area is 156 Å². The Morgan fingerprint density at radius 3 is 2.44 bits per heavy atom. The first-order valence-corrected chi connectivity index (χ1v) is 9.60. The number of furan rings is 1. The normalized spacial score (nSPS) is 11.6. The molecule has 0 fully saturated rings. The number of halogens is 1. The van der Waals surface area contributed by atoms with Crippen LogP contribution in [0.3, 0.4) is 0 Å². The Balaban J connectivity index is 1.67. The summed E-state index contributed by atoms with van der Waals surface area (Å²) in [5.74, 6) is 1.12. The van der Waals surface area contributed by atoms with E-state index >= 15 is 0 Å². The molecule has 0 spiro atoms. The molecular weight excluding hydrogens is 371 g/mol. The fourth-order valence-corrected chi connectivity index (χ4v) is 3.08. The predicted octanol–water partition coefficient (Wildman–Crippen LogP) is 3.80. The monoisotopic (exact) mass is 388 g/mol. The van der Waals surface area contributed by atoms with E-state index in [9.17, 15) is 12.8 Å². The number of benzene rings is 2. The van der Waals surface area contributed by atoms with E-state index in [-0.39, 0.29) is 10.7 Å². The van der Waals surface area contributed by atoms with Crippen molar-refractivity contribution in [1.82, 2.24) is 4.83 Å².